The Labute approximate surface area is 146 Å². The molecule has 0 radical (unpaired) electrons. The summed E-state index contributed by atoms with van der Waals surface area (Å²) in [5.74, 6) is 0.951. The second-order valence-electron chi connectivity index (χ2n) is 6.25. The second kappa shape index (κ2) is 9.64. The summed E-state index contributed by atoms with van der Waals surface area (Å²) in [6.07, 6.45) is 2.05. The van der Waals surface area contributed by atoms with Gasteiger partial charge in [-0.3, -0.25) is 4.79 Å². The summed E-state index contributed by atoms with van der Waals surface area (Å²) in [4.78, 5) is 16.8. The van der Waals surface area contributed by atoms with E-state index >= 15 is 0 Å². The predicted molar refractivity (Wildman–Crippen MR) is 97.7 cm³/mol. The first-order valence-corrected chi connectivity index (χ1v) is 9.09. The Morgan fingerprint density at radius 3 is 2.38 bits per heavy atom. The monoisotopic (exact) mass is 333 g/mol. The molecule has 0 unspecified atom stereocenters. The minimum absolute atomic E-state index is 0.124. The lowest BCUT2D eigenvalue weighted by atomic mass is 10.0. The summed E-state index contributed by atoms with van der Waals surface area (Å²) in [6.45, 7) is 9.64. The molecule has 0 saturated carbocycles. The molecule has 0 spiro atoms. The first kappa shape index (κ1) is 18.7. The number of nitrogens with one attached hydrogen (secondary N) is 1. The number of carbonyl (C=O) groups excluding carboxylic acids is 1. The number of likely N-dealkylation sites (tertiary alicyclic amines) is 1. The van der Waals surface area contributed by atoms with Crippen molar-refractivity contribution in [2.75, 3.05) is 46.4 Å². The van der Waals surface area contributed by atoms with Gasteiger partial charge in [0.15, 0.2) is 0 Å². The Kier molecular flexibility index (Phi) is 7.53. The largest absolute Gasteiger partial charge is 0.492 e. The van der Waals surface area contributed by atoms with Crippen LogP contribution < -0.4 is 10.1 Å². The number of ether oxygens (including phenoxy) is 1. The normalized spacial score (nSPS) is 15.8. The van der Waals surface area contributed by atoms with Crippen LogP contribution in [0.3, 0.4) is 0 Å². The van der Waals surface area contributed by atoms with Gasteiger partial charge in [0.05, 0.1) is 0 Å². The van der Waals surface area contributed by atoms with E-state index in [4.69, 9.17) is 4.74 Å². The van der Waals surface area contributed by atoms with Crippen molar-refractivity contribution in [2.24, 2.45) is 0 Å². The second-order valence-corrected chi connectivity index (χ2v) is 6.25. The van der Waals surface area contributed by atoms with E-state index in [1.807, 2.05) is 36.2 Å². The lowest BCUT2D eigenvalue weighted by molar-refractivity contribution is 0.0707. The summed E-state index contributed by atoms with van der Waals surface area (Å²) in [5, 5.41) is 3.29. The molecule has 1 aliphatic rings. The first-order valence-electron chi connectivity index (χ1n) is 9.09. The van der Waals surface area contributed by atoms with E-state index in [9.17, 15) is 4.79 Å². The number of hydrogen-bond donors (Lipinski definition) is 1. The molecule has 1 amide bonds. The summed E-state index contributed by atoms with van der Waals surface area (Å²) in [7, 11) is 1.99. The zero-order valence-corrected chi connectivity index (χ0v) is 15.3. The summed E-state index contributed by atoms with van der Waals surface area (Å²) >= 11 is 0. The fourth-order valence-electron chi connectivity index (χ4n) is 3.08. The van der Waals surface area contributed by atoms with E-state index in [1.165, 1.54) is 0 Å². The SMILES string of the molecule is CCN(CC)CCOc1ccc(C(=O)N2CCC(NC)CC2)cc1. The lowest BCUT2D eigenvalue weighted by Crippen LogP contribution is -2.43. The minimum atomic E-state index is 0.124. The molecule has 1 fully saturated rings. The number of rotatable bonds is 8. The molecule has 1 aromatic carbocycles. The summed E-state index contributed by atoms with van der Waals surface area (Å²) in [6, 6.07) is 8.08. The highest BCUT2D eigenvalue weighted by molar-refractivity contribution is 5.94. The Hall–Kier alpha value is -1.59. The molecule has 1 aliphatic heterocycles. The van der Waals surface area contributed by atoms with Crippen LogP contribution >= 0.6 is 0 Å². The number of benzene rings is 1. The van der Waals surface area contributed by atoms with Gasteiger partial charge in [-0.1, -0.05) is 13.8 Å². The van der Waals surface area contributed by atoms with Gasteiger partial charge in [0.2, 0.25) is 0 Å². The van der Waals surface area contributed by atoms with Gasteiger partial charge in [0.25, 0.3) is 5.91 Å². The third kappa shape index (κ3) is 5.21. The molecule has 1 N–H and O–H groups in total. The average Bonchev–Trinajstić information content (AvgIpc) is 2.65. The fourth-order valence-corrected chi connectivity index (χ4v) is 3.08. The highest BCUT2D eigenvalue weighted by atomic mass is 16.5. The van der Waals surface area contributed by atoms with Gasteiger partial charge in [-0.05, 0) is 57.2 Å². The van der Waals surface area contributed by atoms with E-state index in [1.54, 1.807) is 0 Å². The maximum atomic E-state index is 12.5. The van der Waals surface area contributed by atoms with Crippen molar-refractivity contribution >= 4 is 5.91 Å². The minimum Gasteiger partial charge on any atom is -0.492 e. The maximum absolute atomic E-state index is 12.5. The van der Waals surface area contributed by atoms with Gasteiger partial charge in [-0.25, -0.2) is 0 Å². The molecule has 0 aliphatic carbocycles. The molecule has 0 atom stereocenters. The van der Waals surface area contributed by atoms with E-state index in [0.29, 0.717) is 12.6 Å². The maximum Gasteiger partial charge on any atom is 0.253 e. The van der Waals surface area contributed by atoms with Gasteiger partial charge in [0.1, 0.15) is 12.4 Å². The Morgan fingerprint density at radius 2 is 1.83 bits per heavy atom. The molecule has 24 heavy (non-hydrogen) atoms. The molecule has 1 heterocycles. The van der Waals surface area contributed by atoms with Gasteiger partial charge < -0.3 is 19.9 Å². The van der Waals surface area contributed by atoms with Crippen molar-refractivity contribution in [3.63, 3.8) is 0 Å². The third-order valence-corrected chi connectivity index (χ3v) is 4.86. The van der Waals surface area contributed by atoms with Crippen LogP contribution in [-0.4, -0.2) is 68.1 Å². The highest BCUT2D eigenvalue weighted by Crippen LogP contribution is 2.17. The van der Waals surface area contributed by atoms with Crippen LogP contribution in [0.2, 0.25) is 0 Å². The van der Waals surface area contributed by atoms with Crippen molar-refractivity contribution in [2.45, 2.75) is 32.7 Å². The third-order valence-electron chi connectivity index (χ3n) is 4.86. The van der Waals surface area contributed by atoms with Crippen LogP contribution in [0.4, 0.5) is 0 Å². The quantitative estimate of drug-likeness (QED) is 0.792. The van der Waals surface area contributed by atoms with Crippen molar-refractivity contribution in [1.29, 1.82) is 0 Å². The zero-order chi connectivity index (χ0) is 17.4. The van der Waals surface area contributed by atoms with Gasteiger partial charge in [-0.15, -0.1) is 0 Å². The smallest absolute Gasteiger partial charge is 0.253 e. The van der Waals surface area contributed by atoms with Crippen molar-refractivity contribution in [3.05, 3.63) is 29.8 Å². The van der Waals surface area contributed by atoms with Crippen LogP contribution in [0, 0.1) is 0 Å². The van der Waals surface area contributed by atoms with Crippen LogP contribution in [0.5, 0.6) is 5.75 Å². The van der Waals surface area contributed by atoms with Gasteiger partial charge in [0, 0.05) is 31.2 Å². The average molecular weight is 333 g/mol. The number of likely N-dealkylation sites (N-methyl/N-ethyl adjacent to an activating group) is 1. The topological polar surface area (TPSA) is 44.8 Å². The summed E-state index contributed by atoms with van der Waals surface area (Å²) < 4.78 is 5.77. The molecular weight excluding hydrogens is 302 g/mol. The number of nitrogens with zero attached hydrogens (tertiary/aromatic N) is 2. The molecule has 1 aromatic rings. The molecule has 5 nitrogen and oxygen atoms in total. The molecule has 2 rings (SSSR count). The molecule has 134 valence electrons. The molecule has 1 saturated heterocycles. The fraction of sp³-hybridized carbons (Fsp3) is 0.632. The lowest BCUT2D eigenvalue weighted by Gasteiger charge is -2.31. The Morgan fingerprint density at radius 1 is 1.21 bits per heavy atom. The number of piperidine rings is 1. The van der Waals surface area contributed by atoms with Gasteiger partial charge in [-0.2, -0.15) is 0 Å². The number of amides is 1. The summed E-state index contributed by atoms with van der Waals surface area (Å²) in [5.41, 5.74) is 0.744. The van der Waals surface area contributed by atoms with Crippen molar-refractivity contribution < 1.29 is 9.53 Å². The van der Waals surface area contributed by atoms with Crippen LogP contribution in [0.25, 0.3) is 0 Å². The Bertz CT molecular complexity index is 492. The zero-order valence-electron chi connectivity index (χ0n) is 15.3. The van der Waals surface area contributed by atoms with Crippen LogP contribution in [0.15, 0.2) is 24.3 Å². The molecule has 0 aromatic heterocycles. The predicted octanol–water partition coefficient (Wildman–Crippen LogP) is 2.23. The molecular formula is C19H31N3O2. The highest BCUT2D eigenvalue weighted by Gasteiger charge is 2.22. The van der Waals surface area contributed by atoms with Crippen LogP contribution in [0.1, 0.15) is 37.0 Å². The van der Waals surface area contributed by atoms with E-state index < -0.39 is 0 Å². The Balaban J connectivity index is 1.82. The number of carbonyl (C=O) groups is 1. The molecule has 0 bridgehead atoms. The number of hydrogen-bond acceptors (Lipinski definition) is 4. The van der Waals surface area contributed by atoms with E-state index in [-0.39, 0.29) is 5.91 Å². The van der Waals surface area contributed by atoms with E-state index in [0.717, 1.165) is 56.9 Å². The standard InChI is InChI=1S/C19H31N3O2/c1-4-21(5-2)14-15-24-18-8-6-16(7-9-18)19(23)22-12-10-17(20-3)11-13-22/h6-9,17,20H,4-5,10-15H2,1-3H3. The molecule has 5 heteroatoms. The van der Waals surface area contributed by atoms with E-state index in [2.05, 4.69) is 24.1 Å². The van der Waals surface area contributed by atoms with Crippen LogP contribution in [-0.2, 0) is 0 Å². The van der Waals surface area contributed by atoms with Gasteiger partial charge >= 0.3 is 0 Å². The van der Waals surface area contributed by atoms with Crippen molar-refractivity contribution in [3.8, 4) is 5.75 Å². The van der Waals surface area contributed by atoms with Crippen molar-refractivity contribution in [1.82, 2.24) is 15.1 Å². The first-order chi connectivity index (χ1) is 11.7.